The Labute approximate surface area is 166 Å². The van der Waals surface area contributed by atoms with Crippen molar-refractivity contribution in [3.63, 3.8) is 0 Å². The highest BCUT2D eigenvalue weighted by molar-refractivity contribution is 7.88. The summed E-state index contributed by atoms with van der Waals surface area (Å²) in [5.74, 6) is -0.249. The van der Waals surface area contributed by atoms with Crippen LogP contribution in [0.25, 0.3) is 22.4 Å². The largest absolute Gasteiger partial charge is 0.363 e. The van der Waals surface area contributed by atoms with E-state index < -0.39 is 15.8 Å². The van der Waals surface area contributed by atoms with Crippen LogP contribution < -0.4 is 5.32 Å². The number of sulfonamides is 1. The number of hydrogen-bond donors (Lipinski definition) is 2. The summed E-state index contributed by atoms with van der Waals surface area (Å²) >= 11 is 6.03. The van der Waals surface area contributed by atoms with Crippen molar-refractivity contribution in [2.24, 2.45) is 0 Å². The molecule has 2 N–H and O–H groups in total. The first kappa shape index (κ1) is 19.0. The zero-order chi connectivity index (χ0) is 19.9. The van der Waals surface area contributed by atoms with Crippen molar-refractivity contribution < 1.29 is 12.8 Å². The van der Waals surface area contributed by atoms with Gasteiger partial charge in [-0.15, -0.1) is 0 Å². The average molecular weight is 425 g/mol. The van der Waals surface area contributed by atoms with Gasteiger partial charge in [-0.25, -0.2) is 32.1 Å². The Morgan fingerprint density at radius 1 is 1.36 bits per heavy atom. The van der Waals surface area contributed by atoms with E-state index in [0.717, 1.165) is 18.0 Å². The number of anilines is 1. The van der Waals surface area contributed by atoms with Gasteiger partial charge >= 0.3 is 0 Å². The topological polar surface area (TPSA) is 104 Å². The van der Waals surface area contributed by atoms with E-state index in [1.165, 1.54) is 16.8 Å². The summed E-state index contributed by atoms with van der Waals surface area (Å²) in [7, 11) is -3.29. The van der Waals surface area contributed by atoms with Crippen LogP contribution in [0.3, 0.4) is 0 Å². The van der Waals surface area contributed by atoms with Crippen LogP contribution in [0.2, 0.25) is 5.02 Å². The van der Waals surface area contributed by atoms with Gasteiger partial charge in [-0.2, -0.15) is 0 Å². The molecule has 0 spiro atoms. The molecule has 1 atom stereocenters. The van der Waals surface area contributed by atoms with E-state index in [0.29, 0.717) is 35.0 Å². The van der Waals surface area contributed by atoms with E-state index >= 15 is 0 Å². The van der Waals surface area contributed by atoms with Crippen LogP contribution in [-0.2, 0) is 10.0 Å². The number of H-pyrrole nitrogens is 1. The third-order valence-electron chi connectivity index (χ3n) is 4.68. The summed E-state index contributed by atoms with van der Waals surface area (Å²) in [4.78, 5) is 15.6. The molecule has 3 aromatic rings. The fourth-order valence-electron chi connectivity index (χ4n) is 3.32. The van der Waals surface area contributed by atoms with E-state index in [2.05, 4.69) is 25.3 Å². The van der Waals surface area contributed by atoms with Crippen molar-refractivity contribution in [2.75, 3.05) is 24.7 Å². The van der Waals surface area contributed by atoms with Crippen LogP contribution >= 0.6 is 11.6 Å². The molecule has 0 radical (unpaired) electrons. The molecule has 0 saturated carbocycles. The Bertz CT molecular complexity index is 1140. The molecule has 0 amide bonds. The number of aromatic nitrogens is 4. The van der Waals surface area contributed by atoms with Crippen LogP contribution in [-0.4, -0.2) is 58.0 Å². The number of hydrogen-bond acceptors (Lipinski definition) is 6. The van der Waals surface area contributed by atoms with Crippen LogP contribution in [0.15, 0.2) is 24.7 Å². The molecule has 0 bridgehead atoms. The molecule has 4 rings (SSSR count). The van der Waals surface area contributed by atoms with Crippen molar-refractivity contribution in [3.8, 4) is 11.4 Å². The number of nitrogens with one attached hydrogen (secondary N) is 2. The number of pyridine rings is 1. The molecule has 1 fully saturated rings. The first-order chi connectivity index (χ1) is 13.3. The van der Waals surface area contributed by atoms with Gasteiger partial charge in [-0.05, 0) is 18.9 Å². The number of halogens is 2. The lowest BCUT2D eigenvalue weighted by Crippen LogP contribution is -2.44. The van der Waals surface area contributed by atoms with Crippen molar-refractivity contribution in [1.29, 1.82) is 0 Å². The standard InChI is InChI=1S/C17H18ClFN6O2S/c1-28(26,27)25-4-2-3-11(9-25)23-17-14(19)8-22-16(24-17)13-7-21-15-12(13)5-10(18)6-20-15/h5-8,11H,2-4,9H2,1H3,(H,20,21)(H,22,23,24). The summed E-state index contributed by atoms with van der Waals surface area (Å²) in [5.41, 5.74) is 1.27. The Kier molecular flexibility index (Phi) is 4.94. The number of aromatic amines is 1. The predicted molar refractivity (Wildman–Crippen MR) is 105 cm³/mol. The molecule has 148 valence electrons. The molecule has 28 heavy (non-hydrogen) atoms. The number of rotatable bonds is 4. The highest BCUT2D eigenvalue weighted by Crippen LogP contribution is 2.28. The summed E-state index contributed by atoms with van der Waals surface area (Å²) in [6, 6.07) is 1.50. The van der Waals surface area contributed by atoms with Crippen molar-refractivity contribution in [3.05, 3.63) is 35.5 Å². The zero-order valence-electron chi connectivity index (χ0n) is 15.0. The van der Waals surface area contributed by atoms with E-state index in [-0.39, 0.29) is 18.4 Å². The van der Waals surface area contributed by atoms with Crippen molar-refractivity contribution >= 4 is 38.5 Å². The second-order valence-corrected chi connectivity index (χ2v) is 9.17. The van der Waals surface area contributed by atoms with Crippen molar-refractivity contribution in [2.45, 2.75) is 18.9 Å². The maximum atomic E-state index is 14.3. The molecule has 3 aromatic heterocycles. The summed E-state index contributed by atoms with van der Waals surface area (Å²) in [5, 5.41) is 4.23. The SMILES string of the molecule is CS(=O)(=O)N1CCCC(Nc2nc(-c3c[nH]c4ncc(Cl)cc34)ncc2F)C1. The lowest BCUT2D eigenvalue weighted by molar-refractivity contribution is 0.328. The second-order valence-electron chi connectivity index (χ2n) is 6.75. The van der Waals surface area contributed by atoms with Gasteiger partial charge in [-0.1, -0.05) is 11.6 Å². The minimum absolute atomic E-state index is 0.0367. The first-order valence-electron chi connectivity index (χ1n) is 8.68. The second kappa shape index (κ2) is 7.26. The Morgan fingerprint density at radius 3 is 2.96 bits per heavy atom. The van der Waals surface area contributed by atoms with Crippen LogP contribution in [0, 0.1) is 5.82 Å². The van der Waals surface area contributed by atoms with Crippen LogP contribution in [0.5, 0.6) is 0 Å². The molecular formula is C17H18ClFN6O2S. The molecule has 1 aliphatic heterocycles. The molecule has 0 aromatic carbocycles. The lowest BCUT2D eigenvalue weighted by atomic mass is 10.1. The Hall–Kier alpha value is -2.30. The minimum atomic E-state index is -3.29. The van der Waals surface area contributed by atoms with Crippen molar-refractivity contribution in [1.82, 2.24) is 24.2 Å². The highest BCUT2D eigenvalue weighted by atomic mass is 35.5. The molecular weight excluding hydrogens is 407 g/mol. The fourth-order valence-corrected chi connectivity index (χ4v) is 4.39. The summed E-state index contributed by atoms with van der Waals surface area (Å²) in [6.07, 6.45) is 6.90. The number of piperidine rings is 1. The zero-order valence-corrected chi connectivity index (χ0v) is 16.6. The molecule has 0 aliphatic carbocycles. The Balaban J connectivity index is 1.63. The lowest BCUT2D eigenvalue weighted by Gasteiger charge is -2.31. The molecule has 4 heterocycles. The van der Waals surface area contributed by atoms with E-state index in [9.17, 15) is 12.8 Å². The molecule has 1 unspecified atom stereocenters. The predicted octanol–water partition coefficient (Wildman–Crippen LogP) is 2.65. The minimum Gasteiger partial charge on any atom is -0.363 e. The molecule has 11 heteroatoms. The van der Waals surface area contributed by atoms with Gasteiger partial charge in [0.1, 0.15) is 5.65 Å². The van der Waals surface area contributed by atoms with Gasteiger partial charge in [0.25, 0.3) is 0 Å². The number of fused-ring (bicyclic) bond motifs is 1. The normalized spacial score (nSPS) is 18.5. The quantitative estimate of drug-likeness (QED) is 0.667. The van der Waals surface area contributed by atoms with Gasteiger partial charge in [0.2, 0.25) is 10.0 Å². The smallest absolute Gasteiger partial charge is 0.211 e. The highest BCUT2D eigenvalue weighted by Gasteiger charge is 2.27. The van der Waals surface area contributed by atoms with Gasteiger partial charge in [-0.3, -0.25) is 0 Å². The third kappa shape index (κ3) is 3.80. The van der Waals surface area contributed by atoms with Crippen LogP contribution in [0.1, 0.15) is 12.8 Å². The monoisotopic (exact) mass is 424 g/mol. The number of nitrogens with zero attached hydrogens (tertiary/aromatic N) is 4. The maximum absolute atomic E-state index is 14.3. The van der Waals surface area contributed by atoms with Gasteiger partial charge < -0.3 is 10.3 Å². The first-order valence-corrected chi connectivity index (χ1v) is 10.9. The van der Waals surface area contributed by atoms with E-state index in [4.69, 9.17) is 11.6 Å². The van der Waals surface area contributed by atoms with E-state index in [1.54, 1.807) is 12.3 Å². The third-order valence-corrected chi connectivity index (χ3v) is 6.15. The van der Waals surface area contributed by atoms with Crippen LogP contribution in [0.4, 0.5) is 10.2 Å². The molecule has 1 aliphatic rings. The van der Waals surface area contributed by atoms with Gasteiger partial charge in [0.15, 0.2) is 17.5 Å². The van der Waals surface area contributed by atoms with Gasteiger partial charge in [0.05, 0.1) is 17.5 Å². The molecule has 8 nitrogen and oxygen atoms in total. The average Bonchev–Trinajstić information content (AvgIpc) is 3.06. The maximum Gasteiger partial charge on any atom is 0.211 e. The molecule has 1 saturated heterocycles. The summed E-state index contributed by atoms with van der Waals surface area (Å²) in [6.45, 7) is 0.738. The van der Waals surface area contributed by atoms with Gasteiger partial charge in [0, 0.05) is 42.5 Å². The Morgan fingerprint density at radius 2 is 2.18 bits per heavy atom. The fraction of sp³-hybridized carbons (Fsp3) is 0.353. The van der Waals surface area contributed by atoms with E-state index in [1.807, 2.05) is 0 Å². The summed E-state index contributed by atoms with van der Waals surface area (Å²) < 4.78 is 39.3.